The summed E-state index contributed by atoms with van der Waals surface area (Å²) in [4.78, 5) is 48.3. The van der Waals surface area contributed by atoms with E-state index in [9.17, 15) is 28.0 Å². The molecule has 28 heavy (non-hydrogen) atoms. The highest BCUT2D eigenvalue weighted by atomic mass is 19.1. The number of nitrogens with one attached hydrogen (secondary N) is 1. The Bertz CT molecular complexity index is 717. The summed E-state index contributed by atoms with van der Waals surface area (Å²) in [5.41, 5.74) is -0.492. The van der Waals surface area contributed by atoms with E-state index in [0.29, 0.717) is 0 Å². The first kappa shape index (κ1) is 23.0. The third-order valence-electron chi connectivity index (χ3n) is 4.13. The standard InChI is InChI=1S/C18H21F2NO7/c1-9(14(16(23)26-2)17(24)27-3)15(18(25)28-4)21-13(22)8-10-11(19)6-5-7-12(10)20/h5-7,9,14-15H,8H2,1-4H3,(H,21,22)/t9-,15+/m0/s1. The van der Waals surface area contributed by atoms with Crippen LogP contribution in [0.5, 0.6) is 0 Å². The lowest BCUT2D eigenvalue weighted by Gasteiger charge is -2.27. The molecular weight excluding hydrogens is 380 g/mol. The number of methoxy groups -OCH3 is 3. The van der Waals surface area contributed by atoms with Gasteiger partial charge in [0.25, 0.3) is 0 Å². The number of carbonyl (C=O) groups is 4. The zero-order valence-corrected chi connectivity index (χ0v) is 15.8. The fourth-order valence-corrected chi connectivity index (χ4v) is 2.59. The molecule has 0 aromatic heterocycles. The first-order valence-corrected chi connectivity index (χ1v) is 8.13. The molecule has 0 unspecified atom stereocenters. The summed E-state index contributed by atoms with van der Waals surface area (Å²) in [7, 11) is 3.12. The van der Waals surface area contributed by atoms with Crippen molar-refractivity contribution in [2.75, 3.05) is 21.3 Å². The van der Waals surface area contributed by atoms with Gasteiger partial charge < -0.3 is 19.5 Å². The monoisotopic (exact) mass is 401 g/mol. The lowest BCUT2D eigenvalue weighted by atomic mass is 9.87. The average molecular weight is 401 g/mol. The third kappa shape index (κ3) is 5.48. The highest BCUT2D eigenvalue weighted by molar-refractivity contribution is 5.96. The molecule has 2 atom stereocenters. The summed E-state index contributed by atoms with van der Waals surface area (Å²) in [6.45, 7) is 1.32. The second kappa shape index (κ2) is 10.3. The molecule has 1 aromatic rings. The largest absolute Gasteiger partial charge is 0.468 e. The molecule has 0 saturated carbocycles. The molecule has 1 amide bonds. The van der Waals surface area contributed by atoms with Gasteiger partial charge in [-0.1, -0.05) is 13.0 Å². The number of hydrogen-bond donors (Lipinski definition) is 1. The van der Waals surface area contributed by atoms with E-state index in [-0.39, 0.29) is 0 Å². The Labute approximate surface area is 160 Å². The van der Waals surface area contributed by atoms with Crippen LogP contribution in [0, 0.1) is 23.5 Å². The summed E-state index contributed by atoms with van der Waals surface area (Å²) in [6.07, 6.45) is -0.708. The van der Waals surface area contributed by atoms with Crippen molar-refractivity contribution in [2.24, 2.45) is 11.8 Å². The van der Waals surface area contributed by atoms with Gasteiger partial charge in [-0.15, -0.1) is 0 Å². The van der Waals surface area contributed by atoms with Crippen LogP contribution in [0.25, 0.3) is 0 Å². The van der Waals surface area contributed by atoms with Crippen molar-refractivity contribution in [2.45, 2.75) is 19.4 Å². The van der Waals surface area contributed by atoms with Gasteiger partial charge >= 0.3 is 17.9 Å². The van der Waals surface area contributed by atoms with Crippen molar-refractivity contribution in [3.05, 3.63) is 35.4 Å². The fourth-order valence-electron chi connectivity index (χ4n) is 2.59. The smallest absolute Gasteiger partial charge is 0.328 e. The zero-order chi connectivity index (χ0) is 21.4. The van der Waals surface area contributed by atoms with E-state index in [1.165, 1.54) is 6.92 Å². The van der Waals surface area contributed by atoms with E-state index in [4.69, 9.17) is 0 Å². The minimum atomic E-state index is -1.54. The minimum Gasteiger partial charge on any atom is -0.468 e. The van der Waals surface area contributed by atoms with Crippen molar-refractivity contribution in [1.29, 1.82) is 0 Å². The average Bonchev–Trinajstić information content (AvgIpc) is 2.67. The quantitative estimate of drug-likeness (QED) is 0.389. The molecule has 10 heteroatoms. The zero-order valence-electron chi connectivity index (χ0n) is 15.8. The number of ether oxygens (including phenoxy) is 3. The molecule has 1 rings (SSSR count). The maximum absolute atomic E-state index is 13.7. The summed E-state index contributed by atoms with van der Waals surface area (Å²) in [6, 6.07) is 1.63. The SMILES string of the molecule is COC(=O)C(C(=O)OC)[C@H](C)[C@@H](NC(=O)Cc1c(F)cccc1F)C(=O)OC. The van der Waals surface area contributed by atoms with Gasteiger partial charge in [-0.05, 0) is 12.1 Å². The summed E-state index contributed by atoms with van der Waals surface area (Å²) < 4.78 is 41.2. The first-order valence-electron chi connectivity index (χ1n) is 8.13. The number of rotatable bonds is 8. The number of carbonyl (C=O) groups excluding carboxylic acids is 4. The van der Waals surface area contributed by atoms with E-state index < -0.39 is 65.3 Å². The lowest BCUT2D eigenvalue weighted by Crippen LogP contribution is -2.51. The van der Waals surface area contributed by atoms with Crippen LogP contribution < -0.4 is 5.32 Å². The Kier molecular flexibility index (Phi) is 8.49. The van der Waals surface area contributed by atoms with Crippen molar-refractivity contribution in [3.8, 4) is 0 Å². The maximum atomic E-state index is 13.7. The molecule has 0 saturated heterocycles. The molecule has 0 spiro atoms. The number of esters is 3. The van der Waals surface area contributed by atoms with Crippen LogP contribution in [0.3, 0.4) is 0 Å². The van der Waals surface area contributed by atoms with Crippen LogP contribution in [-0.2, 0) is 39.8 Å². The van der Waals surface area contributed by atoms with Gasteiger partial charge in [-0.2, -0.15) is 0 Å². The minimum absolute atomic E-state index is 0.492. The second-order valence-corrected chi connectivity index (χ2v) is 5.83. The number of halogens is 2. The van der Waals surface area contributed by atoms with Gasteiger partial charge in [0.1, 0.15) is 17.7 Å². The summed E-state index contributed by atoms with van der Waals surface area (Å²) in [5, 5.41) is 2.25. The first-order chi connectivity index (χ1) is 13.2. The Morgan fingerprint density at radius 1 is 0.929 bits per heavy atom. The maximum Gasteiger partial charge on any atom is 0.328 e. The van der Waals surface area contributed by atoms with Gasteiger partial charge in [0.15, 0.2) is 5.92 Å². The third-order valence-corrected chi connectivity index (χ3v) is 4.13. The van der Waals surface area contributed by atoms with Gasteiger partial charge in [-0.3, -0.25) is 14.4 Å². The molecule has 0 heterocycles. The topological polar surface area (TPSA) is 108 Å². The van der Waals surface area contributed by atoms with Crippen molar-refractivity contribution in [3.63, 3.8) is 0 Å². The molecular formula is C18H21F2NO7. The molecule has 1 aromatic carbocycles. The van der Waals surface area contributed by atoms with Crippen LogP contribution >= 0.6 is 0 Å². The highest BCUT2D eigenvalue weighted by Gasteiger charge is 2.42. The summed E-state index contributed by atoms with van der Waals surface area (Å²) in [5.74, 6) is -8.39. The Balaban J connectivity index is 3.10. The van der Waals surface area contributed by atoms with Crippen molar-refractivity contribution < 1.29 is 42.2 Å². The number of amides is 1. The molecule has 0 fully saturated rings. The van der Waals surface area contributed by atoms with E-state index in [2.05, 4.69) is 19.5 Å². The molecule has 0 radical (unpaired) electrons. The molecule has 0 aliphatic heterocycles. The van der Waals surface area contributed by atoms with Gasteiger partial charge in [0.2, 0.25) is 5.91 Å². The van der Waals surface area contributed by atoms with Crippen molar-refractivity contribution >= 4 is 23.8 Å². The van der Waals surface area contributed by atoms with Crippen LogP contribution in [-0.4, -0.2) is 51.2 Å². The van der Waals surface area contributed by atoms with Crippen LogP contribution in [0.15, 0.2) is 18.2 Å². The van der Waals surface area contributed by atoms with E-state index >= 15 is 0 Å². The highest BCUT2D eigenvalue weighted by Crippen LogP contribution is 2.21. The van der Waals surface area contributed by atoms with Gasteiger partial charge in [0.05, 0.1) is 27.8 Å². The van der Waals surface area contributed by atoms with Gasteiger partial charge in [0, 0.05) is 11.5 Å². The second-order valence-electron chi connectivity index (χ2n) is 5.83. The van der Waals surface area contributed by atoms with Crippen molar-refractivity contribution in [1.82, 2.24) is 5.32 Å². The van der Waals surface area contributed by atoms with Crippen LogP contribution in [0.2, 0.25) is 0 Å². The predicted molar refractivity (Wildman–Crippen MR) is 90.7 cm³/mol. The fraction of sp³-hybridized carbons (Fsp3) is 0.444. The summed E-state index contributed by atoms with van der Waals surface area (Å²) >= 11 is 0. The van der Waals surface area contributed by atoms with Crippen LogP contribution in [0.1, 0.15) is 12.5 Å². The normalized spacial score (nSPS) is 12.7. The molecule has 154 valence electrons. The molecule has 1 N–H and O–H groups in total. The molecule has 0 aliphatic rings. The Morgan fingerprint density at radius 3 is 1.82 bits per heavy atom. The van der Waals surface area contributed by atoms with E-state index in [0.717, 1.165) is 39.5 Å². The van der Waals surface area contributed by atoms with Crippen LogP contribution in [0.4, 0.5) is 8.78 Å². The van der Waals surface area contributed by atoms with E-state index in [1.807, 2.05) is 0 Å². The number of benzene rings is 1. The predicted octanol–water partition coefficient (Wildman–Crippen LogP) is 0.763. The molecule has 8 nitrogen and oxygen atoms in total. The van der Waals surface area contributed by atoms with Gasteiger partial charge in [-0.25, -0.2) is 13.6 Å². The molecule has 0 bridgehead atoms. The molecule has 0 aliphatic carbocycles. The Hall–Kier alpha value is -3.04. The number of hydrogen-bond acceptors (Lipinski definition) is 7. The lowest BCUT2D eigenvalue weighted by molar-refractivity contribution is -0.163. The Morgan fingerprint density at radius 2 is 1.39 bits per heavy atom. The van der Waals surface area contributed by atoms with E-state index in [1.54, 1.807) is 0 Å².